The van der Waals surface area contributed by atoms with Crippen LogP contribution in [0.1, 0.15) is 36.6 Å². The van der Waals surface area contributed by atoms with Gasteiger partial charge in [-0.05, 0) is 30.4 Å². The number of nitrogens with one attached hydrogen (secondary N) is 1. The van der Waals surface area contributed by atoms with Gasteiger partial charge in [-0.25, -0.2) is 0 Å². The number of ether oxygens (including phenoxy) is 2. The molecule has 5 rings (SSSR count). The van der Waals surface area contributed by atoms with E-state index in [2.05, 4.69) is 23.3 Å². The van der Waals surface area contributed by atoms with Crippen LogP contribution in [0.3, 0.4) is 0 Å². The number of fused-ring (bicyclic) bond motifs is 2. The van der Waals surface area contributed by atoms with E-state index in [9.17, 15) is 18.0 Å². The molecule has 1 aliphatic carbocycles. The van der Waals surface area contributed by atoms with Crippen molar-refractivity contribution in [2.75, 3.05) is 20.3 Å². The predicted molar refractivity (Wildman–Crippen MR) is 110 cm³/mol. The minimum Gasteiger partial charge on any atom is -0.379 e. The van der Waals surface area contributed by atoms with Gasteiger partial charge in [-0.3, -0.25) is 9.78 Å². The van der Waals surface area contributed by atoms with E-state index in [0.29, 0.717) is 37.3 Å². The molecule has 6 nitrogen and oxygen atoms in total. The fraction of sp³-hybridized carbons (Fsp3) is 0.652. The summed E-state index contributed by atoms with van der Waals surface area (Å²) in [6.07, 6.45) is 2.50. The Labute approximate surface area is 185 Å². The normalized spacial score (nSPS) is 36.6. The molecule has 2 saturated heterocycles. The van der Waals surface area contributed by atoms with Gasteiger partial charge in [0.1, 0.15) is 0 Å². The van der Waals surface area contributed by atoms with Crippen LogP contribution in [0, 0.1) is 11.3 Å². The van der Waals surface area contributed by atoms with Crippen LogP contribution in [0.4, 0.5) is 13.2 Å². The van der Waals surface area contributed by atoms with Crippen molar-refractivity contribution in [1.82, 2.24) is 15.2 Å². The molecule has 1 aromatic heterocycles. The summed E-state index contributed by atoms with van der Waals surface area (Å²) < 4.78 is 50.5. The number of pyridine rings is 1. The topological polar surface area (TPSA) is 63.7 Å². The second-order valence-electron chi connectivity index (χ2n) is 9.44. The molecule has 0 aromatic carbocycles. The number of halogens is 3. The zero-order valence-corrected chi connectivity index (χ0v) is 18.2. The molecule has 32 heavy (non-hydrogen) atoms. The number of nitrogens with zero attached hydrogens (tertiary/aromatic N) is 2. The van der Waals surface area contributed by atoms with E-state index in [4.69, 9.17) is 9.47 Å². The molecule has 4 heterocycles. The van der Waals surface area contributed by atoms with Gasteiger partial charge in [0, 0.05) is 56.7 Å². The van der Waals surface area contributed by atoms with Crippen LogP contribution in [0.5, 0.6) is 0 Å². The lowest BCUT2D eigenvalue weighted by Crippen LogP contribution is -2.51. The fourth-order valence-electron chi connectivity index (χ4n) is 5.91. The van der Waals surface area contributed by atoms with E-state index < -0.39 is 17.2 Å². The van der Waals surface area contributed by atoms with Crippen LogP contribution in [0.15, 0.2) is 24.4 Å². The lowest BCUT2D eigenvalue weighted by Gasteiger charge is -2.34. The summed E-state index contributed by atoms with van der Waals surface area (Å²) >= 11 is 0. The van der Waals surface area contributed by atoms with Crippen LogP contribution in [-0.2, 0) is 33.4 Å². The van der Waals surface area contributed by atoms with Crippen molar-refractivity contribution < 1.29 is 27.4 Å². The molecule has 1 amide bonds. The smallest absolute Gasteiger partial charge is 0.379 e. The van der Waals surface area contributed by atoms with Gasteiger partial charge < -0.3 is 19.7 Å². The van der Waals surface area contributed by atoms with E-state index in [1.165, 1.54) is 0 Å². The predicted octanol–water partition coefficient (Wildman–Crippen LogP) is 2.71. The first-order valence-electron chi connectivity index (χ1n) is 11.1. The first-order valence-corrected chi connectivity index (χ1v) is 11.1. The van der Waals surface area contributed by atoms with Crippen molar-refractivity contribution in [2.45, 2.75) is 63.1 Å². The minimum atomic E-state index is -4.44. The molecule has 174 valence electrons. The molecular weight excluding hydrogens is 423 g/mol. The third-order valence-corrected chi connectivity index (χ3v) is 7.80. The van der Waals surface area contributed by atoms with Gasteiger partial charge in [0.25, 0.3) is 0 Å². The summed E-state index contributed by atoms with van der Waals surface area (Å²) in [7, 11) is 1.68. The van der Waals surface area contributed by atoms with Crippen molar-refractivity contribution in [1.29, 1.82) is 0 Å². The second-order valence-corrected chi connectivity index (χ2v) is 9.44. The van der Waals surface area contributed by atoms with Gasteiger partial charge in [-0.15, -0.1) is 0 Å². The highest BCUT2D eigenvalue weighted by Crippen LogP contribution is 2.51. The summed E-state index contributed by atoms with van der Waals surface area (Å²) in [6, 6.07) is 1.28. The molecule has 1 N–H and O–H groups in total. The quantitative estimate of drug-likeness (QED) is 0.716. The first-order chi connectivity index (χ1) is 15.2. The molecule has 1 spiro atoms. The molecule has 3 aliphatic heterocycles. The number of amides is 1. The summed E-state index contributed by atoms with van der Waals surface area (Å²) in [5.74, 6) is 0.0529. The molecular formula is C23H28F3N3O3. The lowest BCUT2D eigenvalue weighted by molar-refractivity contribution is -0.137. The van der Waals surface area contributed by atoms with Gasteiger partial charge in [-0.1, -0.05) is 19.1 Å². The molecule has 9 heteroatoms. The van der Waals surface area contributed by atoms with Crippen LogP contribution in [0.25, 0.3) is 0 Å². The van der Waals surface area contributed by atoms with Crippen molar-refractivity contribution in [2.24, 2.45) is 11.3 Å². The van der Waals surface area contributed by atoms with Crippen LogP contribution in [0.2, 0.25) is 0 Å². The highest BCUT2D eigenvalue weighted by Gasteiger charge is 2.58. The van der Waals surface area contributed by atoms with Gasteiger partial charge >= 0.3 is 6.18 Å². The Morgan fingerprint density at radius 1 is 1.38 bits per heavy atom. The Morgan fingerprint density at radius 3 is 2.94 bits per heavy atom. The molecule has 4 aliphatic rings. The monoisotopic (exact) mass is 451 g/mol. The molecule has 0 saturated carbocycles. The molecule has 3 unspecified atom stereocenters. The molecule has 0 bridgehead atoms. The van der Waals surface area contributed by atoms with E-state index in [-0.39, 0.29) is 42.6 Å². The lowest BCUT2D eigenvalue weighted by atomic mass is 9.74. The average Bonchev–Trinajstić information content (AvgIpc) is 3.28. The standard InChI is InChI=1S/C23H28F3N3O3/c1-13-19-8-18-14(7-15(10-27-18)23(24,25)26)11-29(19)21(30)22(13)5-3-16(9-22)28-17-4-6-32-12-20(17)31-2/h3,5,7,10,13,16-17,19-20,28H,4,6,8-9,11-12H2,1-2H3/t13?,16-,17+,19?,20?,22+/m1/s1. The maximum Gasteiger partial charge on any atom is 0.417 e. The van der Waals surface area contributed by atoms with Crippen LogP contribution < -0.4 is 5.32 Å². The third kappa shape index (κ3) is 3.45. The number of methoxy groups -OCH3 is 1. The fourth-order valence-corrected chi connectivity index (χ4v) is 5.91. The molecule has 2 fully saturated rings. The Morgan fingerprint density at radius 2 is 2.19 bits per heavy atom. The number of carbonyl (C=O) groups excluding carboxylic acids is 1. The van der Waals surface area contributed by atoms with Crippen LogP contribution in [-0.4, -0.2) is 60.3 Å². The number of alkyl halides is 3. The number of carbonyl (C=O) groups is 1. The maximum atomic E-state index is 13.6. The summed E-state index contributed by atoms with van der Waals surface area (Å²) in [5, 5.41) is 3.63. The Balaban J connectivity index is 1.34. The number of aromatic nitrogens is 1. The van der Waals surface area contributed by atoms with Gasteiger partial charge in [0.05, 0.1) is 23.7 Å². The van der Waals surface area contributed by atoms with Crippen molar-refractivity contribution in [3.05, 3.63) is 41.2 Å². The average molecular weight is 451 g/mol. The SMILES string of the molecule is COC1COCC[C@@H]1N[C@@H]1C=C[C@@]2(C1)C(=O)N1Cc3cc(C(F)(F)F)cnc3CC1C2C. The zero-order chi connectivity index (χ0) is 22.7. The van der Waals surface area contributed by atoms with E-state index in [1.54, 1.807) is 12.0 Å². The Kier molecular flexibility index (Phi) is 5.34. The highest BCUT2D eigenvalue weighted by atomic mass is 19.4. The third-order valence-electron chi connectivity index (χ3n) is 7.80. The van der Waals surface area contributed by atoms with E-state index in [0.717, 1.165) is 18.7 Å². The van der Waals surface area contributed by atoms with Crippen molar-refractivity contribution >= 4 is 5.91 Å². The van der Waals surface area contributed by atoms with E-state index >= 15 is 0 Å². The first kappa shape index (κ1) is 21.9. The molecule has 0 radical (unpaired) electrons. The number of hydrogen-bond donors (Lipinski definition) is 1. The number of rotatable bonds is 3. The largest absolute Gasteiger partial charge is 0.417 e. The van der Waals surface area contributed by atoms with Gasteiger partial charge in [0.2, 0.25) is 5.91 Å². The summed E-state index contributed by atoms with van der Waals surface area (Å²) in [6.45, 7) is 3.48. The highest BCUT2D eigenvalue weighted by molar-refractivity contribution is 5.89. The second kappa shape index (κ2) is 7.81. The van der Waals surface area contributed by atoms with E-state index in [1.807, 2.05) is 6.08 Å². The maximum absolute atomic E-state index is 13.6. The number of hydrogen-bond acceptors (Lipinski definition) is 5. The molecule has 6 atom stereocenters. The van der Waals surface area contributed by atoms with Gasteiger partial charge in [0.15, 0.2) is 0 Å². The minimum absolute atomic E-state index is 0.00822. The summed E-state index contributed by atoms with van der Waals surface area (Å²) in [5.41, 5.74) is -0.239. The van der Waals surface area contributed by atoms with Crippen LogP contribution >= 0.6 is 0 Å². The zero-order valence-electron chi connectivity index (χ0n) is 18.2. The summed E-state index contributed by atoms with van der Waals surface area (Å²) in [4.78, 5) is 19.5. The Bertz CT molecular complexity index is 937. The molecule has 1 aromatic rings. The Hall–Kier alpha value is -1.97. The van der Waals surface area contributed by atoms with Crippen molar-refractivity contribution in [3.63, 3.8) is 0 Å². The van der Waals surface area contributed by atoms with Gasteiger partial charge in [-0.2, -0.15) is 13.2 Å². The van der Waals surface area contributed by atoms with Crippen molar-refractivity contribution in [3.8, 4) is 0 Å².